The average molecular weight is 203 g/mol. The van der Waals surface area contributed by atoms with E-state index in [2.05, 4.69) is 6.79 Å². The average Bonchev–Trinajstić information content (AvgIpc) is 1.41. The van der Waals surface area contributed by atoms with Crippen molar-refractivity contribution in [2.75, 3.05) is 0 Å². The van der Waals surface area contributed by atoms with Crippen molar-refractivity contribution in [1.29, 1.82) is 0 Å². The molecule has 0 unspecified atom stereocenters. The molecule has 0 saturated heterocycles. The zero-order chi connectivity index (χ0) is 5.58. The third-order valence-corrected chi connectivity index (χ3v) is 0. The van der Waals surface area contributed by atoms with Crippen LogP contribution in [0, 0.1) is 0 Å². The van der Waals surface area contributed by atoms with E-state index >= 15 is 0 Å². The molecule has 0 amide bonds. The summed E-state index contributed by atoms with van der Waals surface area (Å²) in [4.78, 5) is 7.75. The molecular formula is CH3Cl3CrNO-2. The molecule has 0 atom stereocenters. The second-order valence-corrected chi connectivity index (χ2v) is 6.49. The molecule has 0 aromatic carbocycles. The van der Waals surface area contributed by atoms with Gasteiger partial charge in [0.05, 0.1) is 0 Å². The van der Waals surface area contributed by atoms with Gasteiger partial charge in [0, 0.05) is 0 Å². The van der Waals surface area contributed by atoms with Gasteiger partial charge in [-0.1, -0.05) is 0 Å². The molecule has 0 spiro atoms. The van der Waals surface area contributed by atoms with E-state index in [1.165, 1.54) is 0 Å². The van der Waals surface area contributed by atoms with Gasteiger partial charge in [-0.3, -0.25) is 6.79 Å². The topological polar surface area (TPSA) is 50.6 Å². The SMILES string of the molecule is [CH-]=O.[Cl][Cr]([Cl])[Cl].[NH2-]. The van der Waals surface area contributed by atoms with Gasteiger partial charge in [-0.15, -0.1) is 0 Å². The smallest absolute Gasteiger partial charge is 0.693 e. The van der Waals surface area contributed by atoms with Crippen LogP contribution in [0.1, 0.15) is 0 Å². The van der Waals surface area contributed by atoms with Crippen molar-refractivity contribution in [2.45, 2.75) is 0 Å². The minimum absolute atomic E-state index is 0. The van der Waals surface area contributed by atoms with Crippen LogP contribution < -0.4 is 0 Å². The van der Waals surface area contributed by atoms with Crippen molar-refractivity contribution in [3.05, 3.63) is 6.15 Å². The van der Waals surface area contributed by atoms with E-state index in [9.17, 15) is 0 Å². The van der Waals surface area contributed by atoms with E-state index in [4.69, 9.17) is 34.9 Å². The monoisotopic (exact) mass is 202 g/mol. The van der Waals surface area contributed by atoms with Crippen molar-refractivity contribution < 1.29 is 16.2 Å². The molecule has 0 aliphatic carbocycles. The van der Waals surface area contributed by atoms with Gasteiger partial charge in [0.25, 0.3) is 0 Å². The van der Waals surface area contributed by atoms with Gasteiger partial charge >= 0.3 is 41.5 Å². The van der Waals surface area contributed by atoms with E-state index in [1.54, 1.807) is 0 Å². The first kappa shape index (κ1) is 15.7. The number of nitrogens with two attached hydrogens (primary N) is 1. The summed E-state index contributed by atoms with van der Waals surface area (Å²) >= 11 is -1.62. The molecule has 0 radical (unpaired) electrons. The summed E-state index contributed by atoms with van der Waals surface area (Å²) in [7, 11) is 14.8. The van der Waals surface area contributed by atoms with Gasteiger partial charge in [-0.25, -0.2) is 0 Å². The molecule has 2 nitrogen and oxygen atoms in total. The predicted molar refractivity (Wildman–Crippen MR) is 29.6 cm³/mol. The maximum atomic E-state index is 7.75. The summed E-state index contributed by atoms with van der Waals surface area (Å²) < 4.78 is 0. The second kappa shape index (κ2) is 15.7. The number of hydrogen-bond donors (Lipinski definition) is 0. The van der Waals surface area contributed by atoms with Gasteiger partial charge in [-0.2, -0.15) is 0 Å². The van der Waals surface area contributed by atoms with Gasteiger partial charge < -0.3 is 10.9 Å². The Hall–Kier alpha value is 1.03. The number of rotatable bonds is 0. The van der Waals surface area contributed by atoms with Crippen LogP contribution in [0.3, 0.4) is 0 Å². The van der Waals surface area contributed by atoms with Crippen molar-refractivity contribution in [1.82, 2.24) is 0 Å². The summed E-state index contributed by atoms with van der Waals surface area (Å²) in [6, 6.07) is 0. The molecule has 0 fully saturated rings. The molecule has 0 aliphatic heterocycles. The van der Waals surface area contributed by atoms with Gasteiger partial charge in [0.2, 0.25) is 0 Å². The van der Waals surface area contributed by atoms with Gasteiger partial charge in [-0.05, 0) is 0 Å². The summed E-state index contributed by atoms with van der Waals surface area (Å²) in [5.41, 5.74) is 0. The van der Waals surface area contributed by atoms with Gasteiger partial charge in [0.15, 0.2) is 0 Å². The summed E-state index contributed by atoms with van der Waals surface area (Å²) in [5, 5.41) is 0. The van der Waals surface area contributed by atoms with Crippen LogP contribution in [0.5, 0.6) is 0 Å². The predicted octanol–water partition coefficient (Wildman–Crippen LogP) is 2.51. The molecule has 6 heteroatoms. The zero-order valence-electron chi connectivity index (χ0n) is 3.11. The fourth-order valence-corrected chi connectivity index (χ4v) is 0. The molecule has 0 aromatic heterocycles. The summed E-state index contributed by atoms with van der Waals surface area (Å²) in [6.45, 7) is 3.25. The van der Waals surface area contributed by atoms with Crippen LogP contribution in [-0.4, -0.2) is 6.79 Å². The van der Waals surface area contributed by atoms with Crippen LogP contribution in [0.2, 0.25) is 0 Å². The van der Waals surface area contributed by atoms with Crippen LogP contribution in [-0.2, 0) is 16.2 Å². The molecule has 0 aliphatic rings. The molecule has 0 aromatic rings. The maximum Gasteiger partial charge on any atom is -0.693 e. The molecular weight excluding hydrogens is 200 g/mol. The van der Waals surface area contributed by atoms with Crippen LogP contribution in [0.4, 0.5) is 0 Å². The van der Waals surface area contributed by atoms with Crippen LogP contribution >= 0.6 is 30.1 Å². The Labute approximate surface area is 59.3 Å². The third-order valence-electron chi connectivity index (χ3n) is 0. The first-order valence-corrected chi connectivity index (χ1v) is 5.96. The zero-order valence-corrected chi connectivity index (χ0v) is 6.65. The Morgan fingerprint density at radius 3 is 1.14 bits per heavy atom. The van der Waals surface area contributed by atoms with Crippen molar-refractivity contribution in [2.24, 2.45) is 0 Å². The number of hydrogen-bond acceptors (Lipinski definition) is 1. The van der Waals surface area contributed by atoms with E-state index in [-0.39, 0.29) is 6.15 Å². The van der Waals surface area contributed by atoms with E-state index in [0.29, 0.717) is 0 Å². The Balaban J connectivity index is -0.0000000480. The summed E-state index contributed by atoms with van der Waals surface area (Å²) in [5.74, 6) is 0. The minimum Gasteiger partial charge on any atom is -0.693 e. The standard InChI is InChI=1S/CHO.3ClH.Cr.H2N/c1-2;;;;;/h1H;3*1H;;1H2/q-1;;;;+3;-1/p-3. The fraction of sp³-hybridized carbons (Fsp3) is 0. The second-order valence-electron chi connectivity index (χ2n) is 0.175. The Bertz CT molecular complexity index is 26.1. The normalized spacial score (nSPS) is 5.71. The first-order valence-electron chi connectivity index (χ1n) is 0.699. The van der Waals surface area contributed by atoms with Crippen molar-refractivity contribution in [3.63, 3.8) is 0 Å². The Morgan fingerprint density at radius 1 is 1.14 bits per heavy atom. The van der Waals surface area contributed by atoms with Gasteiger partial charge in [0.1, 0.15) is 0 Å². The number of halogens is 3. The molecule has 0 heterocycles. The largest absolute Gasteiger partial charge is 0.693 e. The molecule has 0 rings (SSSR count). The third kappa shape index (κ3) is 167. The molecule has 47 valence electrons. The first-order chi connectivity index (χ1) is 2.73. The number of carbonyl (C=O) groups excluding carboxylic acids is 1. The van der Waals surface area contributed by atoms with Crippen LogP contribution in [0.15, 0.2) is 0 Å². The molecule has 2 N–H and O–H groups in total. The molecule has 0 saturated carbocycles. The van der Waals surface area contributed by atoms with E-state index in [0.717, 1.165) is 0 Å². The van der Waals surface area contributed by atoms with Crippen molar-refractivity contribution >= 4 is 36.9 Å². The van der Waals surface area contributed by atoms with Crippen LogP contribution in [0.25, 0.3) is 6.15 Å². The minimum atomic E-state index is -1.62. The molecule has 7 heavy (non-hydrogen) atoms. The molecule has 0 bridgehead atoms. The Kier molecular flexibility index (Phi) is 35.3. The van der Waals surface area contributed by atoms with E-state index < -0.39 is 11.4 Å². The fourth-order valence-electron chi connectivity index (χ4n) is 0. The van der Waals surface area contributed by atoms with Crippen molar-refractivity contribution in [3.8, 4) is 0 Å². The summed E-state index contributed by atoms with van der Waals surface area (Å²) in [6.07, 6.45) is 0. The quantitative estimate of drug-likeness (QED) is 0.441. The van der Waals surface area contributed by atoms with E-state index in [1.807, 2.05) is 0 Å². The maximum absolute atomic E-state index is 7.75. The Morgan fingerprint density at radius 2 is 1.14 bits per heavy atom.